The number of nitrogens with one attached hydrogen (secondary N) is 2. The molecule has 0 aliphatic heterocycles. The molecule has 3 N–H and O–H groups in total. The van der Waals surface area contributed by atoms with Gasteiger partial charge in [-0.05, 0) is 42.2 Å². The van der Waals surface area contributed by atoms with E-state index < -0.39 is 0 Å². The molecule has 23 heavy (non-hydrogen) atoms. The molecule has 1 aromatic rings. The molecule has 0 bridgehead atoms. The fourth-order valence-electron chi connectivity index (χ4n) is 1.76. The third kappa shape index (κ3) is 7.10. The Bertz CT molecular complexity index is 553. The number of amides is 2. The van der Waals surface area contributed by atoms with Gasteiger partial charge in [0.15, 0.2) is 0 Å². The summed E-state index contributed by atoms with van der Waals surface area (Å²) in [5.41, 5.74) is 1.06. The van der Waals surface area contributed by atoms with Crippen LogP contribution in [0.5, 0.6) is 0 Å². The molecule has 0 aliphatic carbocycles. The molecule has 1 rings (SSSR count). The monoisotopic (exact) mass is 318 g/mol. The van der Waals surface area contributed by atoms with E-state index in [-0.39, 0.29) is 29.9 Å². The minimum Gasteiger partial charge on any atom is -0.394 e. The summed E-state index contributed by atoms with van der Waals surface area (Å²) >= 11 is 0. The highest BCUT2D eigenvalue weighted by molar-refractivity contribution is 6.00. The second-order valence-corrected chi connectivity index (χ2v) is 6.53. The molecular formula is C18H26N2O3. The summed E-state index contributed by atoms with van der Waals surface area (Å²) in [5.74, 6) is -0.445. The molecule has 5 nitrogen and oxygen atoms in total. The van der Waals surface area contributed by atoms with Crippen LogP contribution in [0.3, 0.4) is 0 Å². The van der Waals surface area contributed by atoms with Gasteiger partial charge in [0.05, 0.1) is 12.6 Å². The highest BCUT2D eigenvalue weighted by Gasteiger charge is 2.11. The zero-order chi connectivity index (χ0) is 17.5. The largest absolute Gasteiger partial charge is 0.394 e. The average Bonchev–Trinajstić information content (AvgIpc) is 2.50. The lowest BCUT2D eigenvalue weighted by Gasteiger charge is -2.14. The zero-order valence-electron chi connectivity index (χ0n) is 14.2. The van der Waals surface area contributed by atoms with Crippen LogP contribution in [0.2, 0.25) is 0 Å². The molecule has 0 heterocycles. The molecule has 0 radical (unpaired) electrons. The number of hydrogen-bond donors (Lipinski definition) is 3. The number of benzene rings is 1. The molecule has 126 valence electrons. The standard InChI is InChI=1S/C18H26N2O3/c1-5-14(12-21)20-17(23)13-6-8-15(9-7-13)19-16(22)10-11-18(2,3)4/h6-11,14,21H,5,12H2,1-4H3,(H,19,22)(H,20,23)/b11-10+. The third-order valence-corrected chi connectivity index (χ3v) is 3.20. The van der Waals surface area contributed by atoms with Gasteiger partial charge >= 0.3 is 0 Å². The third-order valence-electron chi connectivity index (χ3n) is 3.20. The Kier molecular flexibility index (Phi) is 6.97. The molecule has 2 amide bonds. The number of aliphatic hydroxyl groups excluding tert-OH is 1. The van der Waals surface area contributed by atoms with Gasteiger partial charge in [-0.2, -0.15) is 0 Å². The summed E-state index contributed by atoms with van der Waals surface area (Å²) in [4.78, 5) is 23.8. The molecule has 0 saturated heterocycles. The zero-order valence-corrected chi connectivity index (χ0v) is 14.2. The second kappa shape index (κ2) is 8.48. The maximum atomic E-state index is 12.0. The van der Waals surface area contributed by atoms with Crippen molar-refractivity contribution in [2.45, 2.75) is 40.2 Å². The van der Waals surface area contributed by atoms with E-state index >= 15 is 0 Å². The van der Waals surface area contributed by atoms with Gasteiger partial charge in [0, 0.05) is 11.3 Å². The van der Waals surface area contributed by atoms with Crippen molar-refractivity contribution in [1.29, 1.82) is 0 Å². The molecule has 5 heteroatoms. The number of rotatable bonds is 6. The van der Waals surface area contributed by atoms with E-state index in [0.29, 0.717) is 17.7 Å². The lowest BCUT2D eigenvalue weighted by molar-refractivity contribution is -0.112. The minimum absolute atomic E-state index is 0.0538. The molecule has 1 unspecified atom stereocenters. The fourth-order valence-corrected chi connectivity index (χ4v) is 1.76. The van der Waals surface area contributed by atoms with Crippen molar-refractivity contribution in [1.82, 2.24) is 5.32 Å². The first kappa shape index (κ1) is 18.9. The fraction of sp³-hybridized carbons (Fsp3) is 0.444. The van der Waals surface area contributed by atoms with Crippen LogP contribution in [-0.4, -0.2) is 29.6 Å². The van der Waals surface area contributed by atoms with Gasteiger partial charge in [0.1, 0.15) is 0 Å². The Morgan fingerprint density at radius 1 is 1.22 bits per heavy atom. The summed E-state index contributed by atoms with van der Waals surface area (Å²) < 4.78 is 0. The van der Waals surface area contributed by atoms with Crippen LogP contribution >= 0.6 is 0 Å². The van der Waals surface area contributed by atoms with E-state index in [1.54, 1.807) is 24.3 Å². The van der Waals surface area contributed by atoms with Gasteiger partial charge in [0.25, 0.3) is 5.91 Å². The molecule has 0 fully saturated rings. The normalized spacial score (nSPS) is 12.9. The number of anilines is 1. The summed E-state index contributed by atoms with van der Waals surface area (Å²) in [6, 6.07) is 6.39. The van der Waals surface area contributed by atoms with Gasteiger partial charge < -0.3 is 15.7 Å². The highest BCUT2D eigenvalue weighted by atomic mass is 16.3. The lowest BCUT2D eigenvalue weighted by Crippen LogP contribution is -2.36. The number of carbonyl (C=O) groups is 2. The summed E-state index contributed by atoms with van der Waals surface area (Å²) in [6.07, 6.45) is 4.01. The van der Waals surface area contributed by atoms with Crippen molar-refractivity contribution < 1.29 is 14.7 Å². The molecule has 0 aliphatic rings. The number of allylic oxidation sites excluding steroid dienone is 1. The Balaban J connectivity index is 2.64. The van der Waals surface area contributed by atoms with Crippen LogP contribution in [0.1, 0.15) is 44.5 Å². The Morgan fingerprint density at radius 3 is 2.30 bits per heavy atom. The number of carbonyl (C=O) groups excluding carboxylic acids is 2. The Hall–Kier alpha value is -2.14. The van der Waals surface area contributed by atoms with Gasteiger partial charge in [-0.3, -0.25) is 9.59 Å². The maximum Gasteiger partial charge on any atom is 0.251 e. The number of hydrogen-bond acceptors (Lipinski definition) is 3. The van der Waals surface area contributed by atoms with E-state index in [2.05, 4.69) is 10.6 Å². The van der Waals surface area contributed by atoms with Gasteiger partial charge in [-0.1, -0.05) is 33.8 Å². The molecular weight excluding hydrogens is 292 g/mol. The van der Waals surface area contributed by atoms with Crippen LogP contribution in [0.25, 0.3) is 0 Å². The molecule has 0 aromatic heterocycles. The summed E-state index contributed by atoms with van der Waals surface area (Å²) in [6.45, 7) is 7.85. The van der Waals surface area contributed by atoms with E-state index in [1.807, 2.05) is 33.8 Å². The lowest BCUT2D eigenvalue weighted by atomic mass is 9.96. The van der Waals surface area contributed by atoms with Crippen LogP contribution in [0, 0.1) is 5.41 Å². The Labute approximate surface area is 137 Å². The predicted octanol–water partition coefficient (Wildman–Crippen LogP) is 2.73. The van der Waals surface area contributed by atoms with E-state index in [1.165, 1.54) is 6.08 Å². The first-order chi connectivity index (χ1) is 10.7. The topological polar surface area (TPSA) is 78.4 Å². The van der Waals surface area contributed by atoms with Crippen molar-refractivity contribution in [2.75, 3.05) is 11.9 Å². The van der Waals surface area contributed by atoms with Gasteiger partial charge in [-0.15, -0.1) is 0 Å². The number of aliphatic hydroxyl groups is 1. The molecule has 1 atom stereocenters. The van der Waals surface area contributed by atoms with Crippen molar-refractivity contribution >= 4 is 17.5 Å². The van der Waals surface area contributed by atoms with Gasteiger partial charge in [-0.25, -0.2) is 0 Å². The first-order valence-electron chi connectivity index (χ1n) is 7.77. The van der Waals surface area contributed by atoms with Crippen molar-refractivity contribution in [3.8, 4) is 0 Å². The van der Waals surface area contributed by atoms with Crippen molar-refractivity contribution in [3.05, 3.63) is 42.0 Å². The molecule has 1 aromatic carbocycles. The summed E-state index contributed by atoms with van der Waals surface area (Å²) in [7, 11) is 0. The summed E-state index contributed by atoms with van der Waals surface area (Å²) in [5, 5.41) is 14.6. The predicted molar refractivity (Wildman–Crippen MR) is 92.3 cm³/mol. The van der Waals surface area contributed by atoms with Crippen LogP contribution in [0.4, 0.5) is 5.69 Å². The van der Waals surface area contributed by atoms with E-state index in [9.17, 15) is 9.59 Å². The van der Waals surface area contributed by atoms with Gasteiger partial charge in [0.2, 0.25) is 5.91 Å². The molecule has 0 spiro atoms. The maximum absolute atomic E-state index is 12.0. The smallest absolute Gasteiger partial charge is 0.251 e. The average molecular weight is 318 g/mol. The SMILES string of the molecule is CCC(CO)NC(=O)c1ccc(NC(=O)/C=C/C(C)(C)C)cc1. The highest BCUT2D eigenvalue weighted by Crippen LogP contribution is 2.15. The van der Waals surface area contributed by atoms with Crippen LogP contribution in [0.15, 0.2) is 36.4 Å². The van der Waals surface area contributed by atoms with E-state index in [0.717, 1.165) is 0 Å². The minimum atomic E-state index is -0.246. The van der Waals surface area contributed by atoms with Crippen molar-refractivity contribution in [2.24, 2.45) is 5.41 Å². The van der Waals surface area contributed by atoms with Crippen molar-refractivity contribution in [3.63, 3.8) is 0 Å². The first-order valence-corrected chi connectivity index (χ1v) is 7.77. The molecule has 0 saturated carbocycles. The quantitative estimate of drug-likeness (QED) is 0.706. The van der Waals surface area contributed by atoms with E-state index in [4.69, 9.17) is 5.11 Å². The van der Waals surface area contributed by atoms with Crippen LogP contribution < -0.4 is 10.6 Å². The second-order valence-electron chi connectivity index (χ2n) is 6.53. The Morgan fingerprint density at radius 2 is 1.83 bits per heavy atom. The van der Waals surface area contributed by atoms with Crippen LogP contribution in [-0.2, 0) is 4.79 Å².